The molecule has 0 aliphatic carbocycles. The molecule has 0 fully saturated rings. The summed E-state index contributed by atoms with van der Waals surface area (Å²) in [7, 11) is 0. The summed E-state index contributed by atoms with van der Waals surface area (Å²) in [5, 5.41) is 0. The largest absolute Gasteiger partial charge is 0.492 e. The van der Waals surface area contributed by atoms with Gasteiger partial charge in [-0.2, -0.15) is 0 Å². The van der Waals surface area contributed by atoms with Crippen LogP contribution in [0.4, 0.5) is 0 Å². The molecule has 0 bridgehead atoms. The fourth-order valence-electron chi connectivity index (χ4n) is 1.65. The number of rotatable bonds is 4. The molecule has 0 amide bonds. The summed E-state index contributed by atoms with van der Waals surface area (Å²) in [4.78, 5) is 5.29. The zero-order valence-electron chi connectivity index (χ0n) is 10.3. The fraction of sp³-hybridized carbons (Fsp3) is 0.308. The molecule has 5 heteroatoms. The van der Waals surface area contributed by atoms with Gasteiger partial charge in [0, 0.05) is 11.1 Å². The molecule has 2 heterocycles. The van der Waals surface area contributed by atoms with Gasteiger partial charge in [-0.05, 0) is 53.0 Å². The van der Waals surface area contributed by atoms with Gasteiger partial charge in [0.2, 0.25) is 0 Å². The molecule has 2 aromatic rings. The van der Waals surface area contributed by atoms with E-state index in [-0.39, 0.29) is 6.04 Å². The maximum Gasteiger partial charge on any atom is 0.137 e. The topological polar surface area (TPSA) is 48.1 Å². The number of nitrogens with zero attached hydrogens (tertiary/aromatic N) is 1. The molecule has 96 valence electrons. The van der Waals surface area contributed by atoms with E-state index < -0.39 is 0 Å². The summed E-state index contributed by atoms with van der Waals surface area (Å²) in [5.74, 6) is 0.762. The predicted molar refractivity (Wildman–Crippen MR) is 78.2 cm³/mol. The van der Waals surface area contributed by atoms with Gasteiger partial charge in [-0.15, -0.1) is 11.3 Å². The summed E-state index contributed by atoms with van der Waals surface area (Å²) < 4.78 is 6.56. The van der Waals surface area contributed by atoms with E-state index in [1.54, 1.807) is 23.7 Å². The van der Waals surface area contributed by atoms with Crippen molar-refractivity contribution in [1.82, 2.24) is 4.98 Å². The van der Waals surface area contributed by atoms with Crippen molar-refractivity contribution in [2.45, 2.75) is 19.9 Å². The predicted octanol–water partition coefficient (Wildman–Crippen LogP) is 3.66. The van der Waals surface area contributed by atoms with Crippen LogP contribution in [0.2, 0.25) is 0 Å². The first-order chi connectivity index (χ1) is 8.61. The smallest absolute Gasteiger partial charge is 0.137 e. The minimum Gasteiger partial charge on any atom is -0.492 e. The van der Waals surface area contributed by atoms with Gasteiger partial charge in [0.25, 0.3) is 0 Å². The monoisotopic (exact) mass is 326 g/mol. The first-order valence-corrected chi connectivity index (χ1v) is 7.32. The molecule has 0 saturated heterocycles. The van der Waals surface area contributed by atoms with Crippen LogP contribution < -0.4 is 10.5 Å². The van der Waals surface area contributed by atoms with E-state index in [1.165, 1.54) is 5.56 Å². The van der Waals surface area contributed by atoms with E-state index >= 15 is 0 Å². The van der Waals surface area contributed by atoms with Crippen molar-refractivity contribution in [2.75, 3.05) is 6.61 Å². The molecule has 2 rings (SSSR count). The lowest BCUT2D eigenvalue weighted by Crippen LogP contribution is -2.10. The van der Waals surface area contributed by atoms with Gasteiger partial charge in [0.1, 0.15) is 5.75 Å². The van der Waals surface area contributed by atoms with Crippen molar-refractivity contribution >= 4 is 27.3 Å². The SMILES string of the molecule is CCOc1cncc(C(N)c2cc(C)c(Br)s2)c1. The van der Waals surface area contributed by atoms with Gasteiger partial charge in [0.15, 0.2) is 0 Å². The van der Waals surface area contributed by atoms with Crippen molar-refractivity contribution in [2.24, 2.45) is 5.73 Å². The number of aryl methyl sites for hydroxylation is 1. The summed E-state index contributed by atoms with van der Waals surface area (Å²) >= 11 is 5.18. The second-order valence-electron chi connectivity index (χ2n) is 3.97. The number of halogens is 1. The van der Waals surface area contributed by atoms with Crippen molar-refractivity contribution < 1.29 is 4.74 Å². The van der Waals surface area contributed by atoms with E-state index in [0.29, 0.717) is 6.61 Å². The third-order valence-corrected chi connectivity index (χ3v) is 4.81. The summed E-state index contributed by atoms with van der Waals surface area (Å²) in [6, 6.07) is 3.89. The van der Waals surface area contributed by atoms with Crippen LogP contribution in [0.5, 0.6) is 5.75 Å². The molecule has 0 radical (unpaired) electrons. The Hall–Kier alpha value is -0.910. The lowest BCUT2D eigenvalue weighted by Gasteiger charge is -2.11. The first kappa shape index (κ1) is 13.5. The molecule has 3 nitrogen and oxygen atoms in total. The summed E-state index contributed by atoms with van der Waals surface area (Å²) in [6.45, 7) is 4.64. The quantitative estimate of drug-likeness (QED) is 0.932. The molecule has 18 heavy (non-hydrogen) atoms. The highest BCUT2D eigenvalue weighted by Gasteiger charge is 2.14. The lowest BCUT2D eigenvalue weighted by molar-refractivity contribution is 0.338. The van der Waals surface area contributed by atoms with E-state index in [9.17, 15) is 0 Å². The minimum absolute atomic E-state index is 0.159. The maximum atomic E-state index is 6.26. The first-order valence-electron chi connectivity index (χ1n) is 5.71. The highest BCUT2D eigenvalue weighted by Crippen LogP contribution is 2.33. The van der Waals surface area contributed by atoms with Crippen molar-refractivity contribution in [3.63, 3.8) is 0 Å². The fourth-order valence-corrected chi connectivity index (χ4v) is 3.25. The second kappa shape index (κ2) is 5.82. The number of thiophene rings is 1. The molecule has 2 N–H and O–H groups in total. The van der Waals surface area contributed by atoms with Crippen LogP contribution in [0, 0.1) is 6.92 Å². The van der Waals surface area contributed by atoms with Crippen LogP contribution in [0.1, 0.15) is 29.0 Å². The summed E-state index contributed by atoms with van der Waals surface area (Å²) in [6.07, 6.45) is 3.49. The molecule has 0 aliphatic rings. The van der Waals surface area contributed by atoms with Crippen LogP contribution in [0.25, 0.3) is 0 Å². The van der Waals surface area contributed by atoms with Crippen molar-refractivity contribution in [1.29, 1.82) is 0 Å². The van der Waals surface area contributed by atoms with Crippen LogP contribution in [0.3, 0.4) is 0 Å². The van der Waals surface area contributed by atoms with Crippen molar-refractivity contribution in [3.05, 3.63) is 44.3 Å². The lowest BCUT2D eigenvalue weighted by atomic mass is 10.1. The number of hydrogen-bond donors (Lipinski definition) is 1. The average molecular weight is 327 g/mol. The third kappa shape index (κ3) is 2.91. The summed E-state index contributed by atoms with van der Waals surface area (Å²) in [5.41, 5.74) is 8.43. The minimum atomic E-state index is -0.159. The van der Waals surface area contributed by atoms with Gasteiger partial charge in [-0.3, -0.25) is 4.98 Å². The molecular formula is C13H15BrN2OS. The number of nitrogens with two attached hydrogens (primary N) is 1. The molecule has 0 spiro atoms. The van der Waals surface area contributed by atoms with E-state index in [1.807, 2.05) is 13.0 Å². The Bertz CT molecular complexity index is 522. The normalized spacial score (nSPS) is 12.4. The molecule has 0 aliphatic heterocycles. The Labute approximate surface area is 119 Å². The Kier molecular flexibility index (Phi) is 4.37. The van der Waals surface area contributed by atoms with Crippen molar-refractivity contribution in [3.8, 4) is 5.75 Å². The second-order valence-corrected chi connectivity index (χ2v) is 6.37. The standard InChI is InChI=1S/C13H15BrN2OS/c1-3-17-10-5-9(6-16-7-10)12(15)11-4-8(2)13(14)18-11/h4-7,12H,3,15H2,1-2H3. The van der Waals surface area contributed by atoms with E-state index in [2.05, 4.69) is 33.9 Å². The number of ether oxygens (including phenoxy) is 1. The Morgan fingerprint density at radius 1 is 1.44 bits per heavy atom. The molecular weight excluding hydrogens is 312 g/mol. The zero-order chi connectivity index (χ0) is 13.1. The molecule has 0 aromatic carbocycles. The molecule has 2 aromatic heterocycles. The van der Waals surface area contributed by atoms with E-state index in [0.717, 1.165) is 20.0 Å². The van der Waals surface area contributed by atoms with Gasteiger partial charge < -0.3 is 10.5 Å². The number of hydrogen-bond acceptors (Lipinski definition) is 4. The third-order valence-electron chi connectivity index (χ3n) is 2.59. The molecule has 1 unspecified atom stereocenters. The van der Waals surface area contributed by atoms with E-state index in [4.69, 9.17) is 10.5 Å². The number of pyridine rings is 1. The Morgan fingerprint density at radius 3 is 2.83 bits per heavy atom. The van der Waals surface area contributed by atoms with Crippen LogP contribution >= 0.6 is 27.3 Å². The average Bonchev–Trinajstić information content (AvgIpc) is 2.69. The highest BCUT2D eigenvalue weighted by molar-refractivity contribution is 9.11. The maximum absolute atomic E-state index is 6.26. The van der Waals surface area contributed by atoms with Gasteiger partial charge in [-0.25, -0.2) is 0 Å². The number of aromatic nitrogens is 1. The zero-order valence-corrected chi connectivity index (χ0v) is 12.7. The van der Waals surface area contributed by atoms with Crippen LogP contribution in [0.15, 0.2) is 28.3 Å². The van der Waals surface area contributed by atoms with Gasteiger partial charge in [0.05, 0.1) is 22.6 Å². The van der Waals surface area contributed by atoms with Crippen LogP contribution in [-0.4, -0.2) is 11.6 Å². The van der Waals surface area contributed by atoms with Crippen LogP contribution in [-0.2, 0) is 0 Å². The Balaban J connectivity index is 2.27. The molecule has 1 atom stereocenters. The highest BCUT2D eigenvalue weighted by atomic mass is 79.9. The molecule has 0 saturated carbocycles. The van der Waals surface area contributed by atoms with Gasteiger partial charge >= 0.3 is 0 Å². The van der Waals surface area contributed by atoms with Gasteiger partial charge in [-0.1, -0.05) is 0 Å². The Morgan fingerprint density at radius 2 is 2.22 bits per heavy atom.